The Morgan fingerprint density at radius 1 is 0.491 bits per heavy atom. The molecule has 29 heteroatoms. The minimum atomic E-state index is -4.67. The Kier molecular flexibility index (Phi) is 18.5. The van der Waals surface area contributed by atoms with E-state index in [4.69, 9.17) is 78.2 Å². The lowest BCUT2D eigenvalue weighted by Gasteiger charge is -2.43. The summed E-state index contributed by atoms with van der Waals surface area (Å²) in [4.78, 5) is 8.83. The van der Waals surface area contributed by atoms with E-state index in [0.717, 1.165) is 0 Å². The monoisotopic (exact) mass is 812 g/mol. The Morgan fingerprint density at radius 2 is 0.774 bits per heavy atom. The summed E-state index contributed by atoms with van der Waals surface area (Å²) >= 11 is 0. The van der Waals surface area contributed by atoms with Crippen LogP contribution in [-0.4, -0.2) is 238 Å². The minimum Gasteiger partial charge on any atom is -0.394 e. The van der Waals surface area contributed by atoms with Crippen molar-refractivity contribution >= 4 is 10.4 Å². The maximum atomic E-state index is 10.2. The average Bonchev–Trinajstić information content (AvgIpc) is 3.48. The van der Waals surface area contributed by atoms with Crippen LogP contribution in [0.2, 0.25) is 0 Å². The summed E-state index contributed by atoms with van der Waals surface area (Å²) in [5.41, 5.74) is 0. The van der Waals surface area contributed by atoms with Crippen LogP contribution in [0.1, 0.15) is 0 Å². The van der Waals surface area contributed by atoms with Gasteiger partial charge in [0.25, 0.3) is 0 Å². The molecule has 4 saturated heterocycles. The van der Waals surface area contributed by atoms with Crippen LogP contribution in [0.25, 0.3) is 0 Å². The molecular weight excluding hydrogens is 764 g/mol. The molecule has 18 atom stereocenters. The standard InChI is InChI=1S/2C12H23NO11.H2O4S/c2*13-21-3-12(10(20)7(17)5(2-15)23-12)24-11-9(19)8(18)6(16)4(1-14)22-11;1-5(2,3)4/h2*4-11,14-20H,1-3,13H2;(H2,1,2,3,4)/t2*4-,5-,6-,7-,8+,9-,10+,11-,12+;/m00./s1. The van der Waals surface area contributed by atoms with Gasteiger partial charge in [0.1, 0.15) is 98.7 Å². The van der Waals surface area contributed by atoms with Gasteiger partial charge in [0.15, 0.2) is 12.6 Å². The van der Waals surface area contributed by atoms with Crippen molar-refractivity contribution in [3.05, 3.63) is 0 Å². The van der Waals surface area contributed by atoms with Crippen molar-refractivity contribution in [2.45, 2.75) is 110 Å². The molecule has 0 amide bonds. The fraction of sp³-hybridized carbons (Fsp3) is 1.00. The van der Waals surface area contributed by atoms with E-state index in [1.54, 1.807) is 0 Å². The van der Waals surface area contributed by atoms with Gasteiger partial charge in [0.2, 0.25) is 11.6 Å². The van der Waals surface area contributed by atoms with Crippen LogP contribution in [0.3, 0.4) is 0 Å². The largest absolute Gasteiger partial charge is 0.394 e. The van der Waals surface area contributed by atoms with E-state index in [0.29, 0.717) is 0 Å². The van der Waals surface area contributed by atoms with Gasteiger partial charge in [-0.1, -0.05) is 0 Å². The van der Waals surface area contributed by atoms with Gasteiger partial charge in [-0.2, -0.15) is 8.42 Å². The van der Waals surface area contributed by atoms with Crippen molar-refractivity contribution in [2.75, 3.05) is 39.6 Å². The van der Waals surface area contributed by atoms with Gasteiger partial charge in [-0.15, -0.1) is 0 Å². The number of ether oxygens (including phenoxy) is 6. The van der Waals surface area contributed by atoms with Crippen LogP contribution in [0.4, 0.5) is 0 Å². The molecule has 53 heavy (non-hydrogen) atoms. The molecule has 0 aromatic carbocycles. The molecule has 0 bridgehead atoms. The highest BCUT2D eigenvalue weighted by atomic mass is 32.3. The summed E-state index contributed by atoms with van der Waals surface area (Å²) in [5, 5.41) is 136. The van der Waals surface area contributed by atoms with E-state index in [1.807, 2.05) is 0 Å². The quantitative estimate of drug-likeness (QED) is 0.0642. The van der Waals surface area contributed by atoms with Gasteiger partial charge >= 0.3 is 10.4 Å². The molecule has 4 fully saturated rings. The van der Waals surface area contributed by atoms with Gasteiger partial charge in [-0.05, 0) is 0 Å². The number of aliphatic hydroxyl groups is 14. The molecule has 4 rings (SSSR count). The third-order valence-electron chi connectivity index (χ3n) is 8.27. The van der Waals surface area contributed by atoms with E-state index < -0.39 is 160 Å². The van der Waals surface area contributed by atoms with Gasteiger partial charge in [0.05, 0.1) is 26.4 Å². The maximum absolute atomic E-state index is 10.2. The number of hydrogen-bond acceptors (Lipinski definition) is 26. The van der Waals surface area contributed by atoms with E-state index >= 15 is 0 Å². The molecule has 0 aliphatic carbocycles. The molecule has 0 spiro atoms. The fourth-order valence-electron chi connectivity index (χ4n) is 5.47. The number of rotatable bonds is 12. The summed E-state index contributed by atoms with van der Waals surface area (Å²) in [5.74, 6) is 5.73. The van der Waals surface area contributed by atoms with Crippen molar-refractivity contribution in [1.29, 1.82) is 0 Å². The third kappa shape index (κ3) is 11.5. The van der Waals surface area contributed by atoms with Crippen LogP contribution in [0.15, 0.2) is 0 Å². The van der Waals surface area contributed by atoms with Gasteiger partial charge in [-0.3, -0.25) is 18.8 Å². The lowest BCUT2D eigenvalue weighted by molar-refractivity contribution is -0.385. The third-order valence-corrected chi connectivity index (χ3v) is 8.27. The molecule has 4 aliphatic rings. The predicted molar refractivity (Wildman–Crippen MR) is 158 cm³/mol. The first-order valence-corrected chi connectivity index (χ1v) is 16.6. The summed E-state index contributed by atoms with van der Waals surface area (Å²) in [6.45, 7) is -3.90. The van der Waals surface area contributed by atoms with Crippen molar-refractivity contribution in [3.8, 4) is 0 Å². The van der Waals surface area contributed by atoms with Gasteiger partial charge in [0, 0.05) is 0 Å². The first kappa shape index (κ1) is 48.1. The van der Waals surface area contributed by atoms with Crippen LogP contribution in [0, 0.1) is 0 Å². The molecule has 316 valence electrons. The normalized spacial score (nSPS) is 45.9. The van der Waals surface area contributed by atoms with E-state index in [1.165, 1.54) is 0 Å². The van der Waals surface area contributed by atoms with Crippen molar-refractivity contribution in [2.24, 2.45) is 11.8 Å². The Balaban J connectivity index is 0.000000325. The Hall–Kier alpha value is -1.09. The van der Waals surface area contributed by atoms with E-state index in [2.05, 4.69) is 9.68 Å². The van der Waals surface area contributed by atoms with Gasteiger partial charge in [-0.25, -0.2) is 11.8 Å². The molecule has 0 saturated carbocycles. The van der Waals surface area contributed by atoms with Crippen molar-refractivity contribution < 1.29 is 127 Å². The molecule has 28 nitrogen and oxygen atoms in total. The Morgan fingerprint density at radius 3 is 1.00 bits per heavy atom. The predicted octanol–water partition coefficient (Wildman–Crippen LogP) is -11.6. The maximum Gasteiger partial charge on any atom is 0.394 e. The molecule has 0 radical (unpaired) electrons. The summed E-state index contributed by atoms with van der Waals surface area (Å²) in [6.07, 6.45) is -25.0. The zero-order chi connectivity index (χ0) is 40.6. The fourth-order valence-corrected chi connectivity index (χ4v) is 5.47. The molecule has 0 aromatic heterocycles. The molecule has 20 N–H and O–H groups in total. The topological polar surface area (TPSA) is 484 Å². The number of hydrogen-bond donors (Lipinski definition) is 18. The zero-order valence-corrected chi connectivity index (χ0v) is 28.1. The van der Waals surface area contributed by atoms with Crippen molar-refractivity contribution in [1.82, 2.24) is 0 Å². The first-order chi connectivity index (χ1) is 24.6. The molecule has 0 unspecified atom stereocenters. The Bertz CT molecular complexity index is 1110. The lowest BCUT2D eigenvalue weighted by atomic mass is 9.99. The average molecular weight is 813 g/mol. The minimum absolute atomic E-state index is 0.614. The zero-order valence-electron chi connectivity index (χ0n) is 27.3. The van der Waals surface area contributed by atoms with E-state index in [9.17, 15) is 51.1 Å². The smallest absolute Gasteiger partial charge is 0.394 e. The highest BCUT2D eigenvalue weighted by Crippen LogP contribution is 2.38. The van der Waals surface area contributed by atoms with Crippen LogP contribution >= 0.6 is 0 Å². The molecular formula is C24H48N2O26S. The first-order valence-electron chi connectivity index (χ1n) is 15.2. The molecule has 4 aliphatic heterocycles. The second-order valence-corrected chi connectivity index (χ2v) is 12.8. The second-order valence-electron chi connectivity index (χ2n) is 11.9. The van der Waals surface area contributed by atoms with E-state index in [-0.39, 0.29) is 0 Å². The van der Waals surface area contributed by atoms with Crippen LogP contribution < -0.4 is 11.8 Å². The highest BCUT2D eigenvalue weighted by Gasteiger charge is 2.60. The molecule has 0 aromatic rings. The summed E-state index contributed by atoms with van der Waals surface area (Å²) in [7, 11) is -4.67. The number of aliphatic hydroxyl groups excluding tert-OH is 14. The van der Waals surface area contributed by atoms with Crippen LogP contribution in [-0.2, 0) is 48.5 Å². The second kappa shape index (κ2) is 20.4. The van der Waals surface area contributed by atoms with Gasteiger partial charge < -0.3 is 99.9 Å². The SMILES string of the molecule is NOC[C@]1(O[C@@H]2O[C@@H](CO)[C@H](O)[C@@H](O)[C@@H]2O)O[C@@H](CO)[C@H](O)[C@H]1O.NOC[C@]1(O[C@@H]2O[C@@H](CO)[C@H](O)[C@@H](O)[C@@H]2O)O[C@@H](CO)[C@H](O)[C@H]1O.O=S(=O)(O)O. The van der Waals surface area contributed by atoms with Crippen molar-refractivity contribution in [3.63, 3.8) is 0 Å². The summed E-state index contributed by atoms with van der Waals surface area (Å²) in [6, 6.07) is 0. The lowest BCUT2D eigenvalue weighted by Crippen LogP contribution is -2.63. The summed E-state index contributed by atoms with van der Waals surface area (Å²) < 4.78 is 63.1. The van der Waals surface area contributed by atoms with Crippen LogP contribution in [0.5, 0.6) is 0 Å². The Labute approximate surface area is 298 Å². The molecule has 4 heterocycles. The number of nitrogens with two attached hydrogens (primary N) is 2. The highest BCUT2D eigenvalue weighted by molar-refractivity contribution is 7.79.